The summed E-state index contributed by atoms with van der Waals surface area (Å²) >= 11 is 5.98. The van der Waals surface area contributed by atoms with Crippen molar-refractivity contribution in [1.29, 1.82) is 5.26 Å². The van der Waals surface area contributed by atoms with Crippen LogP contribution in [0.15, 0.2) is 36.3 Å². The van der Waals surface area contributed by atoms with E-state index in [1.165, 1.54) is 12.5 Å². The highest BCUT2D eigenvalue weighted by Gasteiger charge is 2.10. The normalized spacial score (nSPS) is 10.8. The van der Waals surface area contributed by atoms with Crippen LogP contribution >= 0.6 is 11.6 Å². The number of aromatic amines is 1. The Labute approximate surface area is 125 Å². The van der Waals surface area contributed by atoms with Crippen molar-refractivity contribution >= 4 is 29.1 Å². The van der Waals surface area contributed by atoms with Gasteiger partial charge in [-0.25, -0.2) is 5.10 Å². The van der Waals surface area contributed by atoms with Crippen molar-refractivity contribution in [1.82, 2.24) is 15.2 Å². The van der Waals surface area contributed by atoms with Crippen LogP contribution < -0.4 is 10.6 Å². The van der Waals surface area contributed by atoms with Gasteiger partial charge in [0.05, 0.1) is 0 Å². The zero-order chi connectivity index (χ0) is 15.2. The third-order valence-corrected chi connectivity index (χ3v) is 2.97. The number of carbonyl (C=O) groups is 1. The third-order valence-electron chi connectivity index (χ3n) is 2.56. The number of carbonyl (C=O) groups excluding carboxylic acids is 1. The van der Waals surface area contributed by atoms with Gasteiger partial charge in [-0.15, -0.1) is 0 Å². The van der Waals surface area contributed by atoms with Gasteiger partial charge in [0.2, 0.25) is 5.95 Å². The van der Waals surface area contributed by atoms with Gasteiger partial charge in [-0.1, -0.05) is 17.7 Å². The summed E-state index contributed by atoms with van der Waals surface area (Å²) in [5, 5.41) is 21.0. The highest BCUT2D eigenvalue weighted by molar-refractivity contribution is 6.31. The van der Waals surface area contributed by atoms with Crippen LogP contribution in [0.4, 0.5) is 11.6 Å². The van der Waals surface area contributed by atoms with Crippen LogP contribution in [0.2, 0.25) is 5.02 Å². The Hall–Kier alpha value is -2.85. The summed E-state index contributed by atoms with van der Waals surface area (Å²) in [6, 6.07) is 6.91. The fourth-order valence-electron chi connectivity index (χ4n) is 1.43. The second kappa shape index (κ2) is 6.54. The van der Waals surface area contributed by atoms with E-state index in [9.17, 15) is 4.79 Å². The molecule has 1 amide bonds. The minimum Gasteiger partial charge on any atom is -0.330 e. The molecule has 1 heterocycles. The summed E-state index contributed by atoms with van der Waals surface area (Å²) in [5.74, 6) is -0.224. The van der Waals surface area contributed by atoms with Gasteiger partial charge >= 0.3 is 0 Å². The number of nitrogens with one attached hydrogen (secondary N) is 3. The topological polar surface area (TPSA) is 106 Å². The predicted molar refractivity (Wildman–Crippen MR) is 78.5 cm³/mol. The summed E-state index contributed by atoms with van der Waals surface area (Å²) in [4.78, 5) is 15.8. The standard InChI is InChI=1S/C13H11ClN6O/c1-8-2-3-10(4-11(8)14)19-12(21)9(5-15)6-16-13-17-7-18-20-13/h2-4,6-7H,1H3,(H,19,21)(H2,16,17,18,20)/b9-6-. The highest BCUT2D eigenvalue weighted by atomic mass is 35.5. The molecule has 2 aromatic rings. The molecule has 0 unspecified atom stereocenters. The second-order valence-corrected chi connectivity index (χ2v) is 4.47. The lowest BCUT2D eigenvalue weighted by Gasteiger charge is -2.06. The molecule has 2 rings (SSSR count). The number of benzene rings is 1. The van der Waals surface area contributed by atoms with E-state index >= 15 is 0 Å². The number of amides is 1. The fourth-order valence-corrected chi connectivity index (χ4v) is 1.61. The van der Waals surface area contributed by atoms with Crippen LogP contribution in [0.25, 0.3) is 0 Å². The molecule has 0 aliphatic heterocycles. The van der Waals surface area contributed by atoms with Crippen molar-refractivity contribution in [3.8, 4) is 6.07 Å². The molecule has 1 aromatic carbocycles. The first-order valence-electron chi connectivity index (χ1n) is 5.90. The lowest BCUT2D eigenvalue weighted by Crippen LogP contribution is -2.14. The molecule has 1 aromatic heterocycles. The Bertz CT molecular complexity index is 717. The largest absolute Gasteiger partial charge is 0.330 e. The maximum Gasteiger partial charge on any atom is 0.267 e. The van der Waals surface area contributed by atoms with Crippen molar-refractivity contribution in [2.45, 2.75) is 6.92 Å². The molecule has 0 saturated carbocycles. The van der Waals surface area contributed by atoms with Crippen molar-refractivity contribution in [3.63, 3.8) is 0 Å². The molecule has 0 fully saturated rings. The number of aromatic nitrogens is 3. The molecule has 7 nitrogen and oxygen atoms in total. The Morgan fingerprint density at radius 3 is 2.95 bits per heavy atom. The molecule has 8 heteroatoms. The number of anilines is 2. The number of halogens is 1. The number of aryl methyl sites for hydroxylation is 1. The average Bonchev–Trinajstić information content (AvgIpc) is 2.97. The van der Waals surface area contributed by atoms with E-state index in [1.54, 1.807) is 24.3 Å². The monoisotopic (exact) mass is 302 g/mol. The molecule has 0 atom stereocenters. The Balaban J connectivity index is 2.08. The minimum atomic E-state index is -0.551. The Morgan fingerprint density at radius 1 is 1.52 bits per heavy atom. The lowest BCUT2D eigenvalue weighted by molar-refractivity contribution is -0.112. The molecular weight excluding hydrogens is 292 g/mol. The lowest BCUT2D eigenvalue weighted by atomic mass is 10.2. The van der Waals surface area contributed by atoms with Gasteiger partial charge in [0.15, 0.2) is 0 Å². The summed E-state index contributed by atoms with van der Waals surface area (Å²) < 4.78 is 0. The second-order valence-electron chi connectivity index (χ2n) is 4.07. The maximum atomic E-state index is 12.0. The SMILES string of the molecule is Cc1ccc(NC(=O)/C(C#N)=C\Nc2ncn[nH]2)cc1Cl. The van der Waals surface area contributed by atoms with Crippen LogP contribution in [-0.2, 0) is 4.79 Å². The summed E-state index contributed by atoms with van der Waals surface area (Å²) in [7, 11) is 0. The fraction of sp³-hybridized carbons (Fsp3) is 0.0769. The quantitative estimate of drug-likeness (QED) is 0.593. The van der Waals surface area contributed by atoms with E-state index in [-0.39, 0.29) is 5.57 Å². The van der Waals surface area contributed by atoms with Crippen LogP contribution in [0.5, 0.6) is 0 Å². The maximum absolute atomic E-state index is 12.0. The van der Waals surface area contributed by atoms with Crippen molar-refractivity contribution in [2.75, 3.05) is 10.6 Å². The minimum absolute atomic E-state index is 0.108. The van der Waals surface area contributed by atoms with E-state index in [0.29, 0.717) is 16.7 Å². The van der Waals surface area contributed by atoms with Gasteiger partial charge < -0.3 is 10.6 Å². The summed E-state index contributed by atoms with van der Waals surface area (Å²) in [5.41, 5.74) is 1.30. The van der Waals surface area contributed by atoms with Gasteiger partial charge in [-0.05, 0) is 24.6 Å². The van der Waals surface area contributed by atoms with Gasteiger partial charge in [-0.3, -0.25) is 4.79 Å². The van der Waals surface area contributed by atoms with E-state index in [2.05, 4.69) is 25.8 Å². The Morgan fingerprint density at radius 2 is 2.33 bits per heavy atom. The molecule has 0 bridgehead atoms. The van der Waals surface area contributed by atoms with E-state index in [0.717, 1.165) is 5.56 Å². The van der Waals surface area contributed by atoms with E-state index < -0.39 is 5.91 Å². The smallest absolute Gasteiger partial charge is 0.267 e. The molecule has 0 aliphatic rings. The first kappa shape index (κ1) is 14.6. The first-order chi connectivity index (χ1) is 10.1. The van der Waals surface area contributed by atoms with Crippen molar-refractivity contribution in [2.24, 2.45) is 0 Å². The number of H-pyrrole nitrogens is 1. The molecule has 0 saturated heterocycles. The predicted octanol–water partition coefficient (Wildman–Crippen LogP) is 2.22. The molecule has 3 N–H and O–H groups in total. The molecule has 21 heavy (non-hydrogen) atoms. The molecule has 0 spiro atoms. The van der Waals surface area contributed by atoms with E-state index in [1.807, 2.05) is 6.92 Å². The van der Waals surface area contributed by atoms with E-state index in [4.69, 9.17) is 16.9 Å². The number of rotatable bonds is 4. The van der Waals surface area contributed by atoms with Gasteiger partial charge in [0.25, 0.3) is 5.91 Å². The number of hydrogen-bond donors (Lipinski definition) is 3. The molecule has 0 radical (unpaired) electrons. The first-order valence-corrected chi connectivity index (χ1v) is 6.27. The van der Waals surface area contributed by atoms with Gasteiger partial charge in [0.1, 0.15) is 18.0 Å². The number of nitrogens with zero attached hydrogens (tertiary/aromatic N) is 3. The molecule has 0 aliphatic carbocycles. The zero-order valence-corrected chi connectivity index (χ0v) is 11.8. The number of nitriles is 1. The highest BCUT2D eigenvalue weighted by Crippen LogP contribution is 2.20. The van der Waals surface area contributed by atoms with Crippen molar-refractivity contribution < 1.29 is 4.79 Å². The van der Waals surface area contributed by atoms with Gasteiger partial charge in [-0.2, -0.15) is 15.3 Å². The summed E-state index contributed by atoms with van der Waals surface area (Å²) in [6.07, 6.45) is 2.54. The van der Waals surface area contributed by atoms with Crippen LogP contribution in [0, 0.1) is 18.3 Å². The number of hydrogen-bond acceptors (Lipinski definition) is 5. The molecular formula is C13H11ClN6O. The third kappa shape index (κ3) is 3.81. The summed E-state index contributed by atoms with van der Waals surface area (Å²) in [6.45, 7) is 1.86. The van der Waals surface area contributed by atoms with Crippen LogP contribution in [0.1, 0.15) is 5.56 Å². The van der Waals surface area contributed by atoms with Crippen LogP contribution in [-0.4, -0.2) is 21.1 Å². The molecule has 106 valence electrons. The van der Waals surface area contributed by atoms with Crippen molar-refractivity contribution in [3.05, 3.63) is 46.9 Å². The van der Waals surface area contributed by atoms with Gasteiger partial charge in [0, 0.05) is 16.9 Å². The zero-order valence-electron chi connectivity index (χ0n) is 11.0. The average molecular weight is 303 g/mol. The van der Waals surface area contributed by atoms with Crippen LogP contribution in [0.3, 0.4) is 0 Å². The Kier molecular flexibility index (Phi) is 4.53.